The van der Waals surface area contributed by atoms with Crippen molar-refractivity contribution in [1.82, 2.24) is 19.7 Å². The number of hydrogen-bond donors (Lipinski definition) is 1. The van der Waals surface area contributed by atoms with Crippen LogP contribution in [0.5, 0.6) is 0 Å². The Kier molecular flexibility index (Phi) is 5.33. The van der Waals surface area contributed by atoms with Crippen molar-refractivity contribution in [3.05, 3.63) is 42.2 Å². The second-order valence-corrected chi connectivity index (χ2v) is 8.31. The van der Waals surface area contributed by atoms with Crippen LogP contribution in [0.15, 0.2) is 36.7 Å². The highest BCUT2D eigenvalue weighted by molar-refractivity contribution is 5.95. The van der Waals surface area contributed by atoms with Gasteiger partial charge in [0.2, 0.25) is 0 Å². The van der Waals surface area contributed by atoms with E-state index >= 15 is 0 Å². The van der Waals surface area contributed by atoms with E-state index in [-0.39, 0.29) is 11.4 Å². The average Bonchev–Trinajstić information content (AvgIpc) is 3.46. The molecular formula is C23H27N5O3. The number of pyridine rings is 1. The number of aromatic nitrogens is 3. The molecule has 8 nitrogen and oxygen atoms in total. The second-order valence-electron chi connectivity index (χ2n) is 8.31. The van der Waals surface area contributed by atoms with E-state index in [0.29, 0.717) is 12.1 Å². The summed E-state index contributed by atoms with van der Waals surface area (Å²) in [6, 6.07) is 8.85. The highest BCUT2D eigenvalue weighted by atomic mass is 16.5. The number of anilines is 1. The van der Waals surface area contributed by atoms with Gasteiger partial charge in [-0.1, -0.05) is 6.07 Å². The number of nitrogen functional groups attached to an aromatic ring is 1. The fourth-order valence-electron chi connectivity index (χ4n) is 4.68. The molecule has 162 valence electrons. The van der Waals surface area contributed by atoms with Gasteiger partial charge in [-0.05, 0) is 43.0 Å². The van der Waals surface area contributed by atoms with Crippen LogP contribution in [0, 0.1) is 0 Å². The molecule has 5 rings (SSSR count). The summed E-state index contributed by atoms with van der Waals surface area (Å²) >= 11 is 0. The van der Waals surface area contributed by atoms with Gasteiger partial charge in [-0.25, -0.2) is 9.78 Å². The highest BCUT2D eigenvalue weighted by Crippen LogP contribution is 2.30. The number of esters is 1. The molecule has 0 aliphatic carbocycles. The predicted molar refractivity (Wildman–Crippen MR) is 118 cm³/mol. The third-order valence-electron chi connectivity index (χ3n) is 6.46. The number of carbonyl (C=O) groups excluding carboxylic acids is 1. The number of carbonyl (C=O) groups is 1. The standard InChI is InChI=1S/C23H27N5O3/c1-30-23(29)20-11-16(12-25-22(20)24)15-2-3-21-17(10-15)13-28(26-21)19-4-7-27(14-19)18-5-8-31-9-6-18/h2-3,10-13,18-19H,4-9,14H2,1H3,(H2,24,25)/t19-/m1/s1. The number of hydrogen-bond acceptors (Lipinski definition) is 7. The van der Waals surface area contributed by atoms with Crippen molar-refractivity contribution in [1.29, 1.82) is 0 Å². The first-order chi connectivity index (χ1) is 15.1. The molecule has 8 heteroatoms. The van der Waals surface area contributed by atoms with Gasteiger partial charge in [-0.15, -0.1) is 0 Å². The Hall–Kier alpha value is -2.97. The third-order valence-corrected chi connectivity index (χ3v) is 6.46. The summed E-state index contributed by atoms with van der Waals surface area (Å²) in [4.78, 5) is 18.7. The molecule has 2 aliphatic rings. The van der Waals surface area contributed by atoms with Crippen LogP contribution in [0.4, 0.5) is 5.82 Å². The smallest absolute Gasteiger partial charge is 0.341 e. The molecule has 0 bridgehead atoms. The molecule has 31 heavy (non-hydrogen) atoms. The number of fused-ring (bicyclic) bond motifs is 1. The summed E-state index contributed by atoms with van der Waals surface area (Å²) in [5.74, 6) is -0.323. The molecule has 1 aromatic carbocycles. The molecule has 0 amide bonds. The van der Waals surface area contributed by atoms with Gasteiger partial charge >= 0.3 is 5.97 Å². The number of nitrogens with two attached hydrogens (primary N) is 1. The zero-order valence-electron chi connectivity index (χ0n) is 17.7. The first kappa shape index (κ1) is 20.0. The summed E-state index contributed by atoms with van der Waals surface area (Å²) in [5.41, 5.74) is 8.85. The van der Waals surface area contributed by atoms with Gasteiger partial charge in [-0.3, -0.25) is 9.58 Å². The number of rotatable bonds is 4. The summed E-state index contributed by atoms with van der Waals surface area (Å²) < 4.78 is 12.4. The minimum atomic E-state index is -0.490. The fourth-order valence-corrected chi connectivity index (χ4v) is 4.68. The minimum Gasteiger partial charge on any atom is -0.465 e. The number of benzene rings is 1. The SMILES string of the molecule is COC(=O)c1cc(-c2ccc3nn([C@@H]4CCN(C5CCOCC5)C4)cc3c2)cnc1N. The third kappa shape index (κ3) is 3.88. The molecule has 2 aliphatic heterocycles. The lowest BCUT2D eigenvalue weighted by Gasteiger charge is -2.30. The van der Waals surface area contributed by atoms with Gasteiger partial charge in [0.1, 0.15) is 11.4 Å². The zero-order valence-corrected chi connectivity index (χ0v) is 17.7. The van der Waals surface area contributed by atoms with Crippen LogP contribution in [0.3, 0.4) is 0 Å². The van der Waals surface area contributed by atoms with Crippen molar-refractivity contribution in [2.24, 2.45) is 0 Å². The van der Waals surface area contributed by atoms with Gasteiger partial charge in [0, 0.05) is 55.7 Å². The van der Waals surface area contributed by atoms with Crippen LogP contribution in [0.2, 0.25) is 0 Å². The van der Waals surface area contributed by atoms with Crippen molar-refractivity contribution in [2.45, 2.75) is 31.3 Å². The van der Waals surface area contributed by atoms with Crippen LogP contribution < -0.4 is 5.73 Å². The Morgan fingerprint density at radius 1 is 1.16 bits per heavy atom. The molecule has 2 fully saturated rings. The zero-order chi connectivity index (χ0) is 21.4. The molecule has 0 spiro atoms. The number of methoxy groups -OCH3 is 1. The Labute approximate surface area is 180 Å². The van der Waals surface area contributed by atoms with Gasteiger partial charge in [0.25, 0.3) is 0 Å². The topological polar surface area (TPSA) is 95.5 Å². The van der Waals surface area contributed by atoms with Crippen LogP contribution in [-0.2, 0) is 9.47 Å². The van der Waals surface area contributed by atoms with Gasteiger partial charge in [0.05, 0.1) is 18.7 Å². The van der Waals surface area contributed by atoms with Crippen molar-refractivity contribution in [3.8, 4) is 11.1 Å². The number of nitrogens with zero attached hydrogens (tertiary/aromatic N) is 4. The molecule has 1 atom stereocenters. The maximum atomic E-state index is 12.0. The van der Waals surface area contributed by atoms with Crippen LogP contribution in [0.25, 0.3) is 22.0 Å². The van der Waals surface area contributed by atoms with Crippen LogP contribution >= 0.6 is 0 Å². The lowest BCUT2D eigenvalue weighted by atomic mass is 10.0. The second kappa shape index (κ2) is 8.28. The van der Waals surface area contributed by atoms with Gasteiger partial charge in [-0.2, -0.15) is 5.10 Å². The van der Waals surface area contributed by atoms with Crippen molar-refractivity contribution in [2.75, 3.05) is 39.1 Å². The summed E-state index contributed by atoms with van der Waals surface area (Å²) in [6.07, 6.45) is 7.17. The molecule has 3 aromatic rings. The van der Waals surface area contributed by atoms with E-state index in [9.17, 15) is 4.79 Å². The van der Waals surface area contributed by atoms with E-state index in [1.165, 1.54) is 7.11 Å². The average molecular weight is 422 g/mol. The quantitative estimate of drug-likeness (QED) is 0.647. The van der Waals surface area contributed by atoms with Gasteiger partial charge in [0.15, 0.2) is 0 Å². The fraction of sp³-hybridized carbons (Fsp3) is 0.435. The molecule has 0 radical (unpaired) electrons. The summed E-state index contributed by atoms with van der Waals surface area (Å²) in [6.45, 7) is 3.90. The molecule has 2 saturated heterocycles. The summed E-state index contributed by atoms with van der Waals surface area (Å²) in [5, 5.41) is 5.91. The first-order valence-electron chi connectivity index (χ1n) is 10.8. The van der Waals surface area contributed by atoms with Crippen molar-refractivity contribution in [3.63, 3.8) is 0 Å². The van der Waals surface area contributed by atoms with Gasteiger partial charge < -0.3 is 15.2 Å². The van der Waals surface area contributed by atoms with E-state index in [1.807, 2.05) is 12.1 Å². The molecule has 2 N–H and O–H groups in total. The highest BCUT2D eigenvalue weighted by Gasteiger charge is 2.30. The Balaban J connectivity index is 1.38. The normalized spacial score (nSPS) is 20.4. The van der Waals surface area contributed by atoms with Crippen LogP contribution in [0.1, 0.15) is 35.7 Å². The maximum absolute atomic E-state index is 12.0. The van der Waals surface area contributed by atoms with Crippen molar-refractivity contribution >= 4 is 22.7 Å². The largest absolute Gasteiger partial charge is 0.465 e. The maximum Gasteiger partial charge on any atom is 0.341 e. The predicted octanol–water partition coefficient (Wildman–Crippen LogP) is 2.89. The molecule has 0 saturated carbocycles. The Morgan fingerprint density at radius 3 is 2.81 bits per heavy atom. The number of ether oxygens (including phenoxy) is 2. The minimum absolute atomic E-state index is 0.166. The lowest BCUT2D eigenvalue weighted by Crippen LogP contribution is -2.38. The molecule has 4 heterocycles. The van der Waals surface area contributed by atoms with E-state index in [4.69, 9.17) is 20.3 Å². The van der Waals surface area contributed by atoms with E-state index in [1.54, 1.807) is 12.3 Å². The lowest BCUT2D eigenvalue weighted by molar-refractivity contribution is 0.0412. The Bertz CT molecular complexity index is 1110. The van der Waals surface area contributed by atoms with E-state index in [2.05, 4.69) is 26.8 Å². The molecule has 2 aromatic heterocycles. The molecule has 0 unspecified atom stereocenters. The van der Waals surface area contributed by atoms with Crippen LogP contribution in [-0.4, -0.2) is 65.1 Å². The molecular weight excluding hydrogens is 394 g/mol. The monoisotopic (exact) mass is 421 g/mol. The Morgan fingerprint density at radius 2 is 2.00 bits per heavy atom. The number of likely N-dealkylation sites (tertiary alicyclic amines) is 1. The summed E-state index contributed by atoms with van der Waals surface area (Å²) in [7, 11) is 1.33. The van der Waals surface area contributed by atoms with E-state index < -0.39 is 5.97 Å². The first-order valence-corrected chi connectivity index (χ1v) is 10.8. The van der Waals surface area contributed by atoms with Crippen molar-refractivity contribution < 1.29 is 14.3 Å². The van der Waals surface area contributed by atoms with E-state index in [0.717, 1.165) is 67.6 Å².